The molecule has 0 spiro atoms. The number of benzene rings is 2. The summed E-state index contributed by atoms with van der Waals surface area (Å²) in [5.41, 5.74) is 1.82. The zero-order valence-electron chi connectivity index (χ0n) is 12.5. The number of rotatable bonds is 4. The number of anilines is 1. The van der Waals surface area contributed by atoms with Gasteiger partial charge in [-0.3, -0.25) is 9.59 Å². The van der Waals surface area contributed by atoms with E-state index in [0.29, 0.717) is 18.1 Å². The Bertz CT molecular complexity index is 701. The monoisotopic (exact) mass is 328 g/mol. The van der Waals surface area contributed by atoms with Crippen molar-refractivity contribution >= 4 is 29.1 Å². The molecule has 4 nitrogen and oxygen atoms in total. The number of para-hydroxylation sites is 1. The average molecular weight is 329 g/mol. The standard InChI is InChI=1S/C18H17ClN2O2/c19-15-8-6-13(7-9-15)11-20-18(23)14-10-17(22)21(12-14)16-4-2-1-3-5-16/h1-9,14H,10-12H2,(H,20,23)/t14-/m0/s1. The first-order valence-corrected chi connectivity index (χ1v) is 7.89. The topological polar surface area (TPSA) is 49.4 Å². The molecule has 0 saturated carbocycles. The second-order valence-electron chi connectivity index (χ2n) is 5.59. The highest BCUT2D eigenvalue weighted by Crippen LogP contribution is 2.24. The van der Waals surface area contributed by atoms with Gasteiger partial charge in [0.25, 0.3) is 0 Å². The highest BCUT2D eigenvalue weighted by molar-refractivity contribution is 6.30. The van der Waals surface area contributed by atoms with Crippen LogP contribution in [0.1, 0.15) is 12.0 Å². The molecule has 0 aliphatic carbocycles. The molecule has 5 heteroatoms. The van der Waals surface area contributed by atoms with Gasteiger partial charge < -0.3 is 10.2 Å². The van der Waals surface area contributed by atoms with Crippen molar-refractivity contribution in [3.63, 3.8) is 0 Å². The van der Waals surface area contributed by atoms with E-state index in [1.165, 1.54) is 0 Å². The van der Waals surface area contributed by atoms with Gasteiger partial charge in [0.1, 0.15) is 0 Å². The van der Waals surface area contributed by atoms with Crippen LogP contribution < -0.4 is 10.2 Å². The number of amides is 2. The molecule has 1 fully saturated rings. The fraction of sp³-hybridized carbons (Fsp3) is 0.222. The van der Waals surface area contributed by atoms with Gasteiger partial charge in [-0.15, -0.1) is 0 Å². The van der Waals surface area contributed by atoms with Gasteiger partial charge in [0.05, 0.1) is 5.92 Å². The maximum absolute atomic E-state index is 12.3. The summed E-state index contributed by atoms with van der Waals surface area (Å²) in [6.07, 6.45) is 0.251. The fourth-order valence-electron chi connectivity index (χ4n) is 2.68. The van der Waals surface area contributed by atoms with Gasteiger partial charge in [0.15, 0.2) is 0 Å². The molecular weight excluding hydrogens is 312 g/mol. The van der Waals surface area contributed by atoms with Crippen LogP contribution >= 0.6 is 11.6 Å². The minimum absolute atomic E-state index is 0.0113. The van der Waals surface area contributed by atoms with Crippen molar-refractivity contribution in [2.75, 3.05) is 11.4 Å². The lowest BCUT2D eigenvalue weighted by Crippen LogP contribution is -2.32. The SMILES string of the molecule is O=C(NCc1ccc(Cl)cc1)[C@H]1CC(=O)N(c2ccccc2)C1. The van der Waals surface area contributed by atoms with E-state index in [1.54, 1.807) is 17.0 Å². The Morgan fingerprint density at radius 1 is 1.13 bits per heavy atom. The summed E-state index contributed by atoms with van der Waals surface area (Å²) in [6.45, 7) is 0.862. The highest BCUT2D eigenvalue weighted by Gasteiger charge is 2.34. The van der Waals surface area contributed by atoms with Crippen LogP contribution in [0.5, 0.6) is 0 Å². The van der Waals surface area contributed by atoms with E-state index in [2.05, 4.69) is 5.32 Å². The number of carbonyl (C=O) groups excluding carboxylic acids is 2. The smallest absolute Gasteiger partial charge is 0.227 e. The summed E-state index contributed by atoms with van der Waals surface area (Å²) in [7, 11) is 0. The van der Waals surface area contributed by atoms with Gasteiger partial charge in [0.2, 0.25) is 11.8 Å². The van der Waals surface area contributed by atoms with Crippen LogP contribution in [0.25, 0.3) is 0 Å². The first-order chi connectivity index (χ1) is 11.1. The molecule has 3 rings (SSSR count). The summed E-state index contributed by atoms with van der Waals surface area (Å²) < 4.78 is 0. The Kier molecular flexibility index (Phi) is 4.63. The second kappa shape index (κ2) is 6.84. The van der Waals surface area contributed by atoms with Gasteiger partial charge in [-0.05, 0) is 29.8 Å². The van der Waals surface area contributed by atoms with E-state index in [1.807, 2.05) is 42.5 Å². The Morgan fingerprint density at radius 2 is 1.83 bits per heavy atom. The van der Waals surface area contributed by atoms with Crippen LogP contribution in [0, 0.1) is 5.92 Å². The van der Waals surface area contributed by atoms with Crippen molar-refractivity contribution in [3.05, 3.63) is 65.2 Å². The highest BCUT2D eigenvalue weighted by atomic mass is 35.5. The van der Waals surface area contributed by atoms with Gasteiger partial charge in [-0.25, -0.2) is 0 Å². The van der Waals surface area contributed by atoms with Crippen molar-refractivity contribution in [2.45, 2.75) is 13.0 Å². The molecule has 1 saturated heterocycles. The summed E-state index contributed by atoms with van der Waals surface area (Å²) >= 11 is 5.84. The minimum Gasteiger partial charge on any atom is -0.352 e. The number of hydrogen-bond donors (Lipinski definition) is 1. The molecular formula is C18H17ClN2O2. The molecule has 23 heavy (non-hydrogen) atoms. The number of nitrogens with zero attached hydrogens (tertiary/aromatic N) is 1. The summed E-state index contributed by atoms with van der Waals surface area (Å²) in [6, 6.07) is 16.8. The largest absolute Gasteiger partial charge is 0.352 e. The second-order valence-corrected chi connectivity index (χ2v) is 6.02. The number of hydrogen-bond acceptors (Lipinski definition) is 2. The molecule has 2 amide bonds. The third-order valence-electron chi connectivity index (χ3n) is 3.94. The lowest BCUT2D eigenvalue weighted by atomic mass is 10.1. The summed E-state index contributed by atoms with van der Waals surface area (Å²) in [5.74, 6) is -0.412. The molecule has 0 aromatic heterocycles. The van der Waals surface area contributed by atoms with E-state index in [-0.39, 0.29) is 24.2 Å². The van der Waals surface area contributed by atoms with Crippen LogP contribution in [0.4, 0.5) is 5.69 Å². The molecule has 118 valence electrons. The third kappa shape index (κ3) is 3.71. The molecule has 0 bridgehead atoms. The molecule has 1 heterocycles. The molecule has 2 aromatic carbocycles. The first kappa shape index (κ1) is 15.6. The quantitative estimate of drug-likeness (QED) is 0.938. The number of halogens is 1. The zero-order chi connectivity index (χ0) is 16.2. The fourth-order valence-corrected chi connectivity index (χ4v) is 2.80. The molecule has 0 unspecified atom stereocenters. The average Bonchev–Trinajstić information content (AvgIpc) is 2.97. The van der Waals surface area contributed by atoms with E-state index < -0.39 is 0 Å². The molecule has 0 radical (unpaired) electrons. The Hall–Kier alpha value is -2.33. The van der Waals surface area contributed by atoms with E-state index in [0.717, 1.165) is 11.3 Å². The minimum atomic E-state index is -0.310. The Morgan fingerprint density at radius 3 is 2.52 bits per heavy atom. The van der Waals surface area contributed by atoms with Crippen LogP contribution in [-0.2, 0) is 16.1 Å². The third-order valence-corrected chi connectivity index (χ3v) is 4.20. The van der Waals surface area contributed by atoms with Crippen LogP contribution in [0.15, 0.2) is 54.6 Å². The van der Waals surface area contributed by atoms with E-state index in [4.69, 9.17) is 11.6 Å². The maximum atomic E-state index is 12.3. The molecule has 1 aliphatic heterocycles. The van der Waals surface area contributed by atoms with Crippen molar-refractivity contribution in [2.24, 2.45) is 5.92 Å². The van der Waals surface area contributed by atoms with Crippen molar-refractivity contribution in [1.82, 2.24) is 5.32 Å². The van der Waals surface area contributed by atoms with Gasteiger partial charge in [0, 0.05) is 30.2 Å². The number of nitrogens with one attached hydrogen (secondary N) is 1. The summed E-state index contributed by atoms with van der Waals surface area (Å²) in [4.78, 5) is 26.1. The van der Waals surface area contributed by atoms with Gasteiger partial charge in [-0.2, -0.15) is 0 Å². The van der Waals surface area contributed by atoms with Crippen LogP contribution in [0.3, 0.4) is 0 Å². The van der Waals surface area contributed by atoms with Gasteiger partial charge >= 0.3 is 0 Å². The van der Waals surface area contributed by atoms with E-state index in [9.17, 15) is 9.59 Å². The molecule has 1 atom stereocenters. The molecule has 2 aromatic rings. The van der Waals surface area contributed by atoms with E-state index >= 15 is 0 Å². The van der Waals surface area contributed by atoms with Crippen LogP contribution in [0.2, 0.25) is 5.02 Å². The lowest BCUT2D eigenvalue weighted by Gasteiger charge is -2.16. The number of carbonyl (C=O) groups is 2. The van der Waals surface area contributed by atoms with Gasteiger partial charge in [-0.1, -0.05) is 41.9 Å². The molecule has 1 aliphatic rings. The first-order valence-electron chi connectivity index (χ1n) is 7.51. The normalized spacial score (nSPS) is 17.3. The molecule has 1 N–H and O–H groups in total. The Labute approximate surface area is 140 Å². The predicted molar refractivity (Wildman–Crippen MR) is 90.2 cm³/mol. The predicted octanol–water partition coefficient (Wildman–Crippen LogP) is 3.01. The zero-order valence-corrected chi connectivity index (χ0v) is 13.3. The summed E-state index contributed by atoms with van der Waals surface area (Å²) in [5, 5.41) is 3.56. The Balaban J connectivity index is 1.58. The van der Waals surface area contributed by atoms with Crippen LogP contribution in [-0.4, -0.2) is 18.4 Å². The van der Waals surface area contributed by atoms with Crippen molar-refractivity contribution in [3.8, 4) is 0 Å². The lowest BCUT2D eigenvalue weighted by molar-refractivity contribution is -0.126. The van der Waals surface area contributed by atoms with Crippen molar-refractivity contribution < 1.29 is 9.59 Å². The van der Waals surface area contributed by atoms with Crippen molar-refractivity contribution in [1.29, 1.82) is 0 Å². The maximum Gasteiger partial charge on any atom is 0.227 e.